The van der Waals surface area contributed by atoms with Gasteiger partial charge in [-0.15, -0.1) is 0 Å². The van der Waals surface area contributed by atoms with Crippen molar-refractivity contribution in [1.82, 2.24) is 14.8 Å². The van der Waals surface area contributed by atoms with Crippen molar-refractivity contribution in [2.45, 2.75) is 6.18 Å². The van der Waals surface area contributed by atoms with Crippen LogP contribution in [-0.2, 0) is 6.18 Å². The molecule has 0 unspecified atom stereocenters. The second-order valence-electron chi connectivity index (χ2n) is 6.84. The number of pyridine rings is 1. The minimum absolute atomic E-state index is 0.00457. The lowest BCUT2D eigenvalue weighted by molar-refractivity contribution is -0.141. The predicted molar refractivity (Wildman–Crippen MR) is 121 cm³/mol. The smallest absolute Gasteiger partial charge is 0.435 e. The Labute approximate surface area is 198 Å². The largest absolute Gasteiger partial charge is 0.477 e. The maximum Gasteiger partial charge on any atom is 0.435 e. The van der Waals surface area contributed by atoms with E-state index in [9.17, 15) is 32.3 Å². The average Bonchev–Trinajstić information content (AvgIpc) is 3.28. The summed E-state index contributed by atoms with van der Waals surface area (Å²) in [5, 5.41) is 15.2. The third-order valence-electron chi connectivity index (χ3n) is 4.40. The van der Waals surface area contributed by atoms with Crippen LogP contribution in [-0.4, -0.2) is 32.1 Å². The number of hydrogen-bond acceptors (Lipinski definition) is 6. The standard InChI is InChI=1S/C21H15ClF4N6O3/c1-10(30-12-2-3-16(23)15(22)7-12)28-9-14(11-6-13(20(34)35)19(33)29-8-11)18(27)32-5-4-17(31-32)21(24,25)26/h2-9,30H,1,27H2,(H,29,33)(H,34,35)/b18-14-,28-9?. The molecule has 0 amide bonds. The lowest BCUT2D eigenvalue weighted by atomic mass is 10.1. The Morgan fingerprint density at radius 3 is 2.63 bits per heavy atom. The second kappa shape index (κ2) is 9.85. The number of alkyl halides is 3. The van der Waals surface area contributed by atoms with Crippen molar-refractivity contribution in [1.29, 1.82) is 0 Å². The van der Waals surface area contributed by atoms with Gasteiger partial charge in [-0.2, -0.15) is 18.3 Å². The number of carbonyl (C=O) groups is 1. The SMILES string of the molecule is C=C(N=C/C(=C(\N)n1ccc(C(F)(F)F)n1)c1c[nH]c(=O)c(C(=O)O)c1)Nc1ccc(F)c(Cl)c1. The molecule has 0 saturated heterocycles. The number of hydrogen-bond donors (Lipinski definition) is 4. The van der Waals surface area contributed by atoms with Gasteiger partial charge in [-0.1, -0.05) is 18.2 Å². The van der Waals surface area contributed by atoms with E-state index in [2.05, 4.69) is 27.0 Å². The summed E-state index contributed by atoms with van der Waals surface area (Å²) in [6.45, 7) is 3.66. The Hall–Kier alpha value is -4.39. The number of carboxylic acid groups (broad SMARTS) is 1. The molecule has 35 heavy (non-hydrogen) atoms. The Kier molecular flexibility index (Phi) is 7.10. The van der Waals surface area contributed by atoms with Gasteiger partial charge in [0.25, 0.3) is 5.56 Å². The summed E-state index contributed by atoms with van der Waals surface area (Å²) < 4.78 is 53.0. The minimum Gasteiger partial charge on any atom is -0.477 e. The molecule has 0 aliphatic rings. The summed E-state index contributed by atoms with van der Waals surface area (Å²) in [6, 6.07) is 5.40. The lowest BCUT2D eigenvalue weighted by Crippen LogP contribution is -2.19. The van der Waals surface area contributed by atoms with Crippen LogP contribution in [0, 0.1) is 5.82 Å². The number of aromatic carboxylic acids is 1. The predicted octanol–water partition coefficient (Wildman–Crippen LogP) is 4.02. The highest BCUT2D eigenvalue weighted by Crippen LogP contribution is 2.28. The van der Waals surface area contributed by atoms with E-state index in [1.165, 1.54) is 12.1 Å². The van der Waals surface area contributed by atoms with Crippen molar-refractivity contribution in [3.05, 3.63) is 93.1 Å². The monoisotopic (exact) mass is 510 g/mol. The summed E-state index contributed by atoms with van der Waals surface area (Å²) in [5.41, 5.74) is 3.51. The summed E-state index contributed by atoms with van der Waals surface area (Å²) in [5.74, 6) is -2.57. The molecule has 2 aromatic heterocycles. The molecule has 0 saturated carbocycles. The van der Waals surface area contributed by atoms with Crippen LogP contribution in [0.15, 0.2) is 64.9 Å². The molecule has 2 heterocycles. The van der Waals surface area contributed by atoms with E-state index < -0.39 is 34.8 Å². The van der Waals surface area contributed by atoms with Gasteiger partial charge in [0.1, 0.15) is 23.0 Å². The second-order valence-corrected chi connectivity index (χ2v) is 7.24. The van der Waals surface area contributed by atoms with Crippen molar-refractivity contribution >= 4 is 40.9 Å². The molecule has 14 heteroatoms. The highest BCUT2D eigenvalue weighted by Gasteiger charge is 2.33. The number of anilines is 1. The number of nitrogens with two attached hydrogens (primary N) is 1. The molecule has 0 fully saturated rings. The molecule has 0 aliphatic carbocycles. The van der Waals surface area contributed by atoms with Crippen molar-refractivity contribution in [2.75, 3.05) is 5.32 Å². The number of aliphatic imine (C=N–C) groups is 1. The quantitative estimate of drug-likeness (QED) is 0.280. The highest BCUT2D eigenvalue weighted by atomic mass is 35.5. The fraction of sp³-hybridized carbons (Fsp3) is 0.0476. The van der Waals surface area contributed by atoms with Gasteiger partial charge in [0.2, 0.25) is 0 Å². The van der Waals surface area contributed by atoms with Crippen LogP contribution in [0.5, 0.6) is 0 Å². The van der Waals surface area contributed by atoms with E-state index in [1.54, 1.807) is 0 Å². The molecular weight excluding hydrogens is 496 g/mol. The van der Waals surface area contributed by atoms with E-state index >= 15 is 0 Å². The summed E-state index contributed by atoms with van der Waals surface area (Å²) in [4.78, 5) is 29.4. The number of allylic oxidation sites excluding steroid dienone is 1. The number of H-pyrrole nitrogens is 1. The number of benzene rings is 1. The molecule has 3 aromatic rings. The van der Waals surface area contributed by atoms with Gasteiger partial charge in [-0.3, -0.25) is 4.79 Å². The first-order valence-corrected chi connectivity index (χ1v) is 9.79. The van der Waals surface area contributed by atoms with Gasteiger partial charge in [0, 0.05) is 35.4 Å². The highest BCUT2D eigenvalue weighted by molar-refractivity contribution is 6.31. The Balaban J connectivity index is 2.05. The first kappa shape index (κ1) is 25.2. The fourth-order valence-electron chi connectivity index (χ4n) is 2.73. The summed E-state index contributed by atoms with van der Waals surface area (Å²) in [6.07, 6.45) is -1.61. The van der Waals surface area contributed by atoms with Crippen LogP contribution < -0.4 is 16.6 Å². The van der Waals surface area contributed by atoms with Crippen molar-refractivity contribution in [2.24, 2.45) is 10.7 Å². The van der Waals surface area contributed by atoms with Gasteiger partial charge < -0.3 is 21.1 Å². The van der Waals surface area contributed by atoms with Crippen LogP contribution in [0.1, 0.15) is 21.6 Å². The molecular formula is C21H15ClF4N6O3. The number of halogens is 5. The van der Waals surface area contributed by atoms with Crippen LogP contribution in [0.4, 0.5) is 23.2 Å². The van der Waals surface area contributed by atoms with Gasteiger partial charge in [-0.05, 0) is 30.3 Å². The number of carboxylic acids is 1. The summed E-state index contributed by atoms with van der Waals surface area (Å²) >= 11 is 5.73. The number of nitrogens with one attached hydrogen (secondary N) is 2. The van der Waals surface area contributed by atoms with Crippen molar-refractivity contribution in [3.63, 3.8) is 0 Å². The maximum atomic E-state index is 13.3. The number of aromatic amines is 1. The molecule has 0 bridgehead atoms. The van der Waals surface area contributed by atoms with E-state index in [0.717, 1.165) is 30.7 Å². The zero-order valence-electron chi connectivity index (χ0n) is 17.4. The molecule has 1 aromatic carbocycles. The van der Waals surface area contributed by atoms with Crippen LogP contribution in [0.25, 0.3) is 11.4 Å². The number of rotatable bonds is 7. The molecule has 0 aliphatic heterocycles. The molecule has 182 valence electrons. The van der Waals surface area contributed by atoms with E-state index in [1.807, 2.05) is 0 Å². The van der Waals surface area contributed by atoms with Gasteiger partial charge >= 0.3 is 12.1 Å². The molecule has 0 atom stereocenters. The molecule has 5 N–H and O–H groups in total. The Morgan fingerprint density at radius 2 is 2.03 bits per heavy atom. The average molecular weight is 511 g/mol. The normalized spacial score (nSPS) is 12.5. The molecule has 3 rings (SSSR count). The topological polar surface area (TPSA) is 138 Å². The maximum absolute atomic E-state index is 13.3. The molecule has 0 radical (unpaired) electrons. The first-order chi connectivity index (χ1) is 16.4. The molecule has 0 spiro atoms. The fourth-order valence-corrected chi connectivity index (χ4v) is 2.92. The Morgan fingerprint density at radius 1 is 1.31 bits per heavy atom. The minimum atomic E-state index is -4.73. The van der Waals surface area contributed by atoms with Gasteiger partial charge in [-0.25, -0.2) is 18.9 Å². The van der Waals surface area contributed by atoms with Crippen molar-refractivity contribution < 1.29 is 27.5 Å². The van der Waals surface area contributed by atoms with E-state index in [0.29, 0.717) is 16.4 Å². The van der Waals surface area contributed by atoms with Gasteiger partial charge in [0.15, 0.2) is 5.69 Å². The third-order valence-corrected chi connectivity index (χ3v) is 4.69. The zero-order valence-corrected chi connectivity index (χ0v) is 18.2. The zero-order chi connectivity index (χ0) is 25.9. The van der Waals surface area contributed by atoms with Gasteiger partial charge in [0.05, 0.1) is 5.02 Å². The molecule has 9 nitrogen and oxygen atoms in total. The van der Waals surface area contributed by atoms with Crippen LogP contribution in [0.2, 0.25) is 5.02 Å². The summed E-state index contributed by atoms with van der Waals surface area (Å²) in [7, 11) is 0. The van der Waals surface area contributed by atoms with E-state index in [4.69, 9.17) is 17.3 Å². The van der Waals surface area contributed by atoms with Crippen LogP contribution in [0.3, 0.4) is 0 Å². The first-order valence-electron chi connectivity index (χ1n) is 9.41. The van der Waals surface area contributed by atoms with Crippen molar-refractivity contribution in [3.8, 4) is 0 Å². The number of nitrogens with zero attached hydrogens (tertiary/aromatic N) is 3. The lowest BCUT2D eigenvalue weighted by Gasteiger charge is -2.11. The van der Waals surface area contributed by atoms with E-state index in [-0.39, 0.29) is 27.8 Å². The third kappa shape index (κ3) is 5.95. The van der Waals surface area contributed by atoms with Crippen LogP contribution >= 0.6 is 11.6 Å². The number of aromatic nitrogens is 3. The Bertz CT molecular complexity index is 1420.